The van der Waals surface area contributed by atoms with Crippen LogP contribution in [0.5, 0.6) is 0 Å². The van der Waals surface area contributed by atoms with E-state index in [1.54, 1.807) is 12.2 Å². The Morgan fingerprint density at radius 1 is 1.33 bits per heavy atom. The summed E-state index contributed by atoms with van der Waals surface area (Å²) in [6.07, 6.45) is 5.51. The number of carbonyl (C=O) groups excluding carboxylic acids is 1. The molecule has 3 heteroatoms. The molecule has 1 rings (SSSR count). The summed E-state index contributed by atoms with van der Waals surface area (Å²) < 4.78 is 0. The third-order valence-electron chi connectivity index (χ3n) is 2.79. The lowest BCUT2D eigenvalue weighted by atomic mass is 10.2. The van der Waals surface area contributed by atoms with Gasteiger partial charge in [0.1, 0.15) is 0 Å². The van der Waals surface area contributed by atoms with Gasteiger partial charge < -0.3 is 4.90 Å². The molecule has 0 unspecified atom stereocenters. The van der Waals surface area contributed by atoms with E-state index in [0.717, 1.165) is 31.5 Å². The first kappa shape index (κ1) is 14.8. The van der Waals surface area contributed by atoms with Crippen molar-refractivity contribution in [3.63, 3.8) is 0 Å². The third kappa shape index (κ3) is 4.53. The zero-order valence-electron chi connectivity index (χ0n) is 11.0. The van der Waals surface area contributed by atoms with E-state index < -0.39 is 0 Å². The van der Waals surface area contributed by atoms with Crippen LogP contribution in [0.1, 0.15) is 32.3 Å². The van der Waals surface area contributed by atoms with E-state index >= 15 is 0 Å². The molecule has 18 heavy (non-hydrogen) atoms. The van der Waals surface area contributed by atoms with Crippen LogP contribution in [0.15, 0.2) is 30.3 Å². The van der Waals surface area contributed by atoms with Crippen LogP contribution in [0.2, 0.25) is 5.02 Å². The Kier molecular flexibility index (Phi) is 6.51. The molecule has 0 fully saturated rings. The molecular weight excluding hydrogens is 246 g/mol. The molecule has 1 aromatic rings. The summed E-state index contributed by atoms with van der Waals surface area (Å²) in [5.41, 5.74) is 0.874. The van der Waals surface area contributed by atoms with Crippen LogP contribution in [-0.4, -0.2) is 23.9 Å². The van der Waals surface area contributed by atoms with E-state index in [1.807, 2.05) is 36.1 Å². The number of rotatable bonds is 6. The molecule has 0 spiro atoms. The van der Waals surface area contributed by atoms with Gasteiger partial charge in [0.2, 0.25) is 5.91 Å². The highest BCUT2D eigenvalue weighted by Gasteiger charge is 2.07. The molecule has 1 amide bonds. The molecule has 0 bridgehead atoms. The van der Waals surface area contributed by atoms with Crippen molar-refractivity contribution in [3.8, 4) is 0 Å². The fourth-order valence-electron chi connectivity index (χ4n) is 1.65. The topological polar surface area (TPSA) is 20.3 Å². The largest absolute Gasteiger partial charge is 0.339 e. The second-order valence-corrected chi connectivity index (χ2v) is 4.53. The Morgan fingerprint density at radius 2 is 2.06 bits per heavy atom. The summed E-state index contributed by atoms with van der Waals surface area (Å²) in [6, 6.07) is 7.50. The minimum atomic E-state index is 0.0471. The lowest BCUT2D eigenvalue weighted by molar-refractivity contribution is -0.125. The predicted octanol–water partition coefficient (Wildman–Crippen LogP) is 4.00. The summed E-state index contributed by atoms with van der Waals surface area (Å²) in [6.45, 7) is 5.68. The number of benzene rings is 1. The van der Waals surface area contributed by atoms with Crippen molar-refractivity contribution in [2.45, 2.75) is 26.7 Å². The summed E-state index contributed by atoms with van der Waals surface area (Å²) >= 11 is 6.03. The maximum Gasteiger partial charge on any atom is 0.246 e. The molecule has 1 aromatic carbocycles. The van der Waals surface area contributed by atoms with Crippen LogP contribution in [0.3, 0.4) is 0 Å². The van der Waals surface area contributed by atoms with Crippen molar-refractivity contribution in [2.24, 2.45) is 0 Å². The fraction of sp³-hybridized carbons (Fsp3) is 0.400. The molecule has 0 aliphatic rings. The number of likely N-dealkylation sites (N-methyl/N-ethyl adjacent to an activating group) is 1. The van der Waals surface area contributed by atoms with Gasteiger partial charge in [-0.3, -0.25) is 4.79 Å². The van der Waals surface area contributed by atoms with Crippen LogP contribution in [-0.2, 0) is 4.79 Å². The minimum absolute atomic E-state index is 0.0471. The molecule has 0 aliphatic carbocycles. The lowest BCUT2D eigenvalue weighted by Gasteiger charge is -2.18. The average molecular weight is 266 g/mol. The van der Waals surface area contributed by atoms with E-state index in [4.69, 9.17) is 11.6 Å². The SMILES string of the molecule is CCCCN(CC)C(=O)C=Cc1ccccc1Cl. The van der Waals surface area contributed by atoms with Gasteiger partial charge >= 0.3 is 0 Å². The van der Waals surface area contributed by atoms with E-state index in [2.05, 4.69) is 6.92 Å². The Bertz CT molecular complexity index is 415. The quantitative estimate of drug-likeness (QED) is 0.712. The molecule has 0 heterocycles. The van der Waals surface area contributed by atoms with Crippen LogP contribution in [0.25, 0.3) is 6.08 Å². The van der Waals surface area contributed by atoms with Gasteiger partial charge in [-0.05, 0) is 31.1 Å². The summed E-state index contributed by atoms with van der Waals surface area (Å²) in [7, 11) is 0. The Hall–Kier alpha value is -1.28. The molecule has 98 valence electrons. The van der Waals surface area contributed by atoms with Crippen LogP contribution >= 0.6 is 11.6 Å². The van der Waals surface area contributed by atoms with Crippen LogP contribution < -0.4 is 0 Å². The second kappa shape index (κ2) is 7.93. The smallest absolute Gasteiger partial charge is 0.246 e. The van der Waals surface area contributed by atoms with Crippen LogP contribution in [0.4, 0.5) is 0 Å². The van der Waals surface area contributed by atoms with Crippen molar-refractivity contribution in [1.82, 2.24) is 4.90 Å². The first-order chi connectivity index (χ1) is 8.69. The number of halogens is 1. The zero-order valence-corrected chi connectivity index (χ0v) is 11.8. The first-order valence-electron chi connectivity index (χ1n) is 6.40. The monoisotopic (exact) mass is 265 g/mol. The molecule has 0 saturated carbocycles. The predicted molar refractivity (Wildman–Crippen MR) is 77.6 cm³/mol. The van der Waals surface area contributed by atoms with Gasteiger partial charge in [0.15, 0.2) is 0 Å². The molecule has 2 nitrogen and oxygen atoms in total. The van der Waals surface area contributed by atoms with Gasteiger partial charge in [0, 0.05) is 24.2 Å². The number of hydrogen-bond acceptors (Lipinski definition) is 1. The number of carbonyl (C=O) groups is 1. The zero-order chi connectivity index (χ0) is 13.4. The normalized spacial score (nSPS) is 10.8. The highest BCUT2D eigenvalue weighted by molar-refractivity contribution is 6.32. The maximum absolute atomic E-state index is 12.0. The van der Waals surface area contributed by atoms with E-state index in [9.17, 15) is 4.79 Å². The average Bonchev–Trinajstić information content (AvgIpc) is 2.38. The molecule has 0 aromatic heterocycles. The molecule has 0 aliphatic heterocycles. The molecule has 0 atom stereocenters. The second-order valence-electron chi connectivity index (χ2n) is 4.13. The van der Waals surface area contributed by atoms with Crippen molar-refractivity contribution in [1.29, 1.82) is 0 Å². The Labute approximate surface area is 114 Å². The van der Waals surface area contributed by atoms with E-state index in [-0.39, 0.29) is 5.91 Å². The highest BCUT2D eigenvalue weighted by Crippen LogP contribution is 2.16. The lowest BCUT2D eigenvalue weighted by Crippen LogP contribution is -2.30. The molecule has 0 saturated heterocycles. The molecule has 0 N–H and O–H groups in total. The molecule has 0 radical (unpaired) electrons. The van der Waals surface area contributed by atoms with E-state index in [0.29, 0.717) is 5.02 Å². The van der Waals surface area contributed by atoms with Crippen molar-refractivity contribution in [3.05, 3.63) is 40.9 Å². The van der Waals surface area contributed by atoms with Gasteiger partial charge in [0.05, 0.1) is 0 Å². The summed E-state index contributed by atoms with van der Waals surface area (Å²) in [5, 5.41) is 0.665. The van der Waals surface area contributed by atoms with Gasteiger partial charge in [-0.15, -0.1) is 0 Å². The maximum atomic E-state index is 12.0. The fourth-order valence-corrected chi connectivity index (χ4v) is 1.85. The highest BCUT2D eigenvalue weighted by atomic mass is 35.5. The summed E-state index contributed by atoms with van der Waals surface area (Å²) in [5.74, 6) is 0.0471. The van der Waals surface area contributed by atoms with Crippen molar-refractivity contribution < 1.29 is 4.79 Å². The minimum Gasteiger partial charge on any atom is -0.339 e. The van der Waals surface area contributed by atoms with Gasteiger partial charge in [-0.2, -0.15) is 0 Å². The van der Waals surface area contributed by atoms with E-state index in [1.165, 1.54) is 0 Å². The standard InChI is InChI=1S/C15H20ClNO/c1-3-5-12-17(4-2)15(18)11-10-13-8-6-7-9-14(13)16/h6-11H,3-5,12H2,1-2H3. The van der Waals surface area contributed by atoms with Crippen molar-refractivity contribution >= 4 is 23.6 Å². The van der Waals surface area contributed by atoms with Gasteiger partial charge in [-0.1, -0.05) is 43.1 Å². The Balaban J connectivity index is 2.65. The number of amides is 1. The number of nitrogens with zero attached hydrogens (tertiary/aromatic N) is 1. The van der Waals surface area contributed by atoms with Crippen LogP contribution in [0, 0.1) is 0 Å². The van der Waals surface area contributed by atoms with Gasteiger partial charge in [-0.25, -0.2) is 0 Å². The number of hydrogen-bond donors (Lipinski definition) is 0. The third-order valence-corrected chi connectivity index (χ3v) is 3.13. The van der Waals surface area contributed by atoms with Gasteiger partial charge in [0.25, 0.3) is 0 Å². The Morgan fingerprint density at radius 3 is 2.67 bits per heavy atom. The molecular formula is C15H20ClNO. The van der Waals surface area contributed by atoms with Crippen molar-refractivity contribution in [2.75, 3.05) is 13.1 Å². The first-order valence-corrected chi connectivity index (χ1v) is 6.78. The number of unbranched alkanes of at least 4 members (excludes halogenated alkanes) is 1. The summed E-state index contributed by atoms with van der Waals surface area (Å²) in [4.78, 5) is 13.8.